The van der Waals surface area contributed by atoms with Crippen molar-refractivity contribution >= 4 is 29.0 Å². The summed E-state index contributed by atoms with van der Waals surface area (Å²) in [5, 5.41) is 2.84. The second-order valence-corrected chi connectivity index (χ2v) is 7.16. The number of carbonyl (C=O) groups excluding carboxylic acids is 1. The van der Waals surface area contributed by atoms with Gasteiger partial charge in [0.1, 0.15) is 11.6 Å². The van der Waals surface area contributed by atoms with Crippen LogP contribution in [0.1, 0.15) is 14.5 Å². The lowest BCUT2D eigenvalue weighted by atomic mass is 10.1. The molecule has 0 saturated heterocycles. The van der Waals surface area contributed by atoms with Crippen LogP contribution in [0.4, 0.5) is 11.8 Å². The fourth-order valence-corrected chi connectivity index (χ4v) is 3.40. The van der Waals surface area contributed by atoms with Crippen molar-refractivity contribution in [2.24, 2.45) is 0 Å². The van der Waals surface area contributed by atoms with Gasteiger partial charge >= 0.3 is 0 Å². The monoisotopic (exact) mass is 368 g/mol. The molecular weight excluding hydrogens is 348 g/mol. The van der Waals surface area contributed by atoms with E-state index in [1.807, 2.05) is 51.4 Å². The van der Waals surface area contributed by atoms with E-state index in [0.717, 1.165) is 21.8 Å². The molecule has 0 radical (unpaired) electrons. The summed E-state index contributed by atoms with van der Waals surface area (Å²) in [6.45, 7) is 2.01. The maximum absolute atomic E-state index is 12.6. The fraction of sp³-hybridized carbons (Fsp3) is 0.211. The first kappa shape index (κ1) is 17.9. The van der Waals surface area contributed by atoms with Crippen molar-refractivity contribution in [3.8, 4) is 16.9 Å². The molecule has 0 aliphatic heterocycles. The third kappa shape index (κ3) is 3.83. The number of anilines is 2. The van der Waals surface area contributed by atoms with Gasteiger partial charge in [0, 0.05) is 25.2 Å². The Kier molecular flexibility index (Phi) is 5.18. The summed E-state index contributed by atoms with van der Waals surface area (Å²) < 4.78 is 5.19. The minimum Gasteiger partial charge on any atom is -0.497 e. The molecule has 26 heavy (non-hydrogen) atoms. The van der Waals surface area contributed by atoms with Gasteiger partial charge in [0.15, 0.2) is 0 Å². The van der Waals surface area contributed by atoms with Gasteiger partial charge in [-0.25, -0.2) is 4.98 Å². The Bertz CT molecular complexity index is 920. The van der Waals surface area contributed by atoms with E-state index in [2.05, 4.69) is 15.3 Å². The Labute approximate surface area is 156 Å². The minimum atomic E-state index is -0.179. The second kappa shape index (κ2) is 7.53. The number of hydrogen-bond acceptors (Lipinski definition) is 6. The number of ether oxygens (including phenoxy) is 1. The standard InChI is InChI=1S/C19H20N4O2S/c1-12-15(13-5-7-14(25-4)8-6-13)11-16(26-12)18(24)21-17-9-10-20-19(22-17)23(2)3/h5-11H,1-4H3,(H,20,21,22,24). The molecule has 1 N–H and O–H groups in total. The predicted molar refractivity (Wildman–Crippen MR) is 105 cm³/mol. The number of methoxy groups -OCH3 is 1. The first-order valence-electron chi connectivity index (χ1n) is 8.04. The lowest BCUT2D eigenvalue weighted by molar-refractivity contribution is 0.103. The molecule has 0 aliphatic rings. The molecule has 0 bridgehead atoms. The molecule has 134 valence electrons. The quantitative estimate of drug-likeness (QED) is 0.741. The van der Waals surface area contributed by atoms with Crippen LogP contribution < -0.4 is 15.0 Å². The van der Waals surface area contributed by atoms with Crippen LogP contribution in [0.2, 0.25) is 0 Å². The largest absolute Gasteiger partial charge is 0.497 e. The lowest BCUT2D eigenvalue weighted by Gasteiger charge is -2.10. The highest BCUT2D eigenvalue weighted by Crippen LogP contribution is 2.32. The van der Waals surface area contributed by atoms with Crippen LogP contribution in [0.15, 0.2) is 42.6 Å². The zero-order valence-corrected chi connectivity index (χ0v) is 15.9. The molecule has 0 saturated carbocycles. The average molecular weight is 368 g/mol. The number of hydrogen-bond donors (Lipinski definition) is 1. The zero-order chi connectivity index (χ0) is 18.7. The van der Waals surface area contributed by atoms with E-state index in [0.29, 0.717) is 16.6 Å². The lowest BCUT2D eigenvalue weighted by Crippen LogP contribution is -2.16. The average Bonchev–Trinajstić information content (AvgIpc) is 3.04. The van der Waals surface area contributed by atoms with Gasteiger partial charge in [-0.05, 0) is 42.3 Å². The van der Waals surface area contributed by atoms with Crippen molar-refractivity contribution in [3.63, 3.8) is 0 Å². The van der Waals surface area contributed by atoms with Crippen LogP contribution in [-0.2, 0) is 0 Å². The van der Waals surface area contributed by atoms with Crippen molar-refractivity contribution < 1.29 is 9.53 Å². The van der Waals surface area contributed by atoms with Gasteiger partial charge in [-0.1, -0.05) is 12.1 Å². The first-order chi connectivity index (χ1) is 12.5. The van der Waals surface area contributed by atoms with Crippen molar-refractivity contribution in [2.45, 2.75) is 6.92 Å². The highest BCUT2D eigenvalue weighted by Gasteiger charge is 2.15. The van der Waals surface area contributed by atoms with Crippen molar-refractivity contribution in [1.29, 1.82) is 0 Å². The van der Waals surface area contributed by atoms with E-state index in [4.69, 9.17) is 4.74 Å². The minimum absolute atomic E-state index is 0.179. The summed E-state index contributed by atoms with van der Waals surface area (Å²) in [5.41, 5.74) is 2.09. The maximum Gasteiger partial charge on any atom is 0.266 e. The summed E-state index contributed by atoms with van der Waals surface area (Å²) in [7, 11) is 5.34. The van der Waals surface area contributed by atoms with Gasteiger partial charge in [0.25, 0.3) is 5.91 Å². The van der Waals surface area contributed by atoms with Crippen LogP contribution in [0, 0.1) is 6.92 Å². The van der Waals surface area contributed by atoms with E-state index in [-0.39, 0.29) is 5.91 Å². The Hall–Kier alpha value is -2.93. The third-order valence-corrected chi connectivity index (χ3v) is 4.88. The van der Waals surface area contributed by atoms with Crippen LogP contribution in [0.25, 0.3) is 11.1 Å². The molecule has 7 heteroatoms. The molecule has 0 unspecified atom stereocenters. The number of rotatable bonds is 5. The molecule has 3 rings (SSSR count). The first-order valence-corrected chi connectivity index (χ1v) is 8.86. The van der Waals surface area contributed by atoms with Crippen LogP contribution >= 0.6 is 11.3 Å². The van der Waals surface area contributed by atoms with Gasteiger partial charge in [0.2, 0.25) is 5.95 Å². The van der Waals surface area contributed by atoms with Gasteiger partial charge in [0.05, 0.1) is 12.0 Å². The Morgan fingerprint density at radius 1 is 1.19 bits per heavy atom. The molecule has 0 spiro atoms. The number of thiophene rings is 1. The highest BCUT2D eigenvalue weighted by molar-refractivity contribution is 7.14. The van der Waals surface area contributed by atoms with E-state index in [9.17, 15) is 4.79 Å². The summed E-state index contributed by atoms with van der Waals surface area (Å²) in [6, 6.07) is 11.4. The van der Waals surface area contributed by atoms with Crippen molar-refractivity contribution in [1.82, 2.24) is 9.97 Å². The van der Waals surface area contributed by atoms with Crippen molar-refractivity contribution in [2.75, 3.05) is 31.4 Å². The van der Waals surface area contributed by atoms with Crippen LogP contribution in [0.3, 0.4) is 0 Å². The van der Waals surface area contributed by atoms with Crippen molar-refractivity contribution in [3.05, 3.63) is 52.3 Å². The van der Waals surface area contributed by atoms with Gasteiger partial charge in [-0.15, -0.1) is 11.3 Å². The molecule has 6 nitrogen and oxygen atoms in total. The molecule has 0 fully saturated rings. The SMILES string of the molecule is COc1ccc(-c2cc(C(=O)Nc3ccnc(N(C)C)n3)sc2C)cc1. The number of aromatic nitrogens is 2. The Morgan fingerprint density at radius 2 is 1.92 bits per heavy atom. The van der Waals surface area contributed by atoms with E-state index in [1.165, 1.54) is 11.3 Å². The molecule has 1 aromatic carbocycles. The molecule has 0 atom stereocenters. The highest BCUT2D eigenvalue weighted by atomic mass is 32.1. The number of benzene rings is 1. The number of nitrogens with one attached hydrogen (secondary N) is 1. The third-order valence-electron chi connectivity index (χ3n) is 3.83. The topological polar surface area (TPSA) is 67.3 Å². The molecule has 3 aromatic rings. The fourth-order valence-electron chi connectivity index (χ4n) is 2.46. The van der Waals surface area contributed by atoms with E-state index in [1.54, 1.807) is 24.3 Å². The molecule has 2 aromatic heterocycles. The number of aryl methyl sites for hydroxylation is 1. The summed E-state index contributed by atoms with van der Waals surface area (Å²) >= 11 is 1.46. The van der Waals surface area contributed by atoms with Gasteiger partial charge < -0.3 is 15.0 Å². The van der Waals surface area contributed by atoms with E-state index >= 15 is 0 Å². The van der Waals surface area contributed by atoms with Gasteiger partial charge in [-0.3, -0.25) is 4.79 Å². The Morgan fingerprint density at radius 3 is 2.58 bits per heavy atom. The molecular formula is C19H20N4O2S. The predicted octanol–water partition coefficient (Wildman–Crippen LogP) is 3.84. The van der Waals surface area contributed by atoms with Crippen LogP contribution in [0.5, 0.6) is 5.75 Å². The summed E-state index contributed by atoms with van der Waals surface area (Å²) in [5.74, 6) is 1.65. The maximum atomic E-state index is 12.6. The summed E-state index contributed by atoms with van der Waals surface area (Å²) in [6.07, 6.45) is 1.63. The zero-order valence-electron chi connectivity index (χ0n) is 15.1. The van der Waals surface area contributed by atoms with E-state index < -0.39 is 0 Å². The van der Waals surface area contributed by atoms with Crippen LogP contribution in [-0.4, -0.2) is 37.1 Å². The Balaban J connectivity index is 1.81. The normalized spacial score (nSPS) is 10.5. The number of nitrogens with zero attached hydrogens (tertiary/aromatic N) is 3. The van der Waals surface area contributed by atoms with Gasteiger partial charge in [-0.2, -0.15) is 4.98 Å². The summed E-state index contributed by atoms with van der Waals surface area (Å²) in [4.78, 5) is 24.6. The second-order valence-electron chi connectivity index (χ2n) is 5.90. The smallest absolute Gasteiger partial charge is 0.266 e. The molecule has 1 amide bonds. The molecule has 0 aliphatic carbocycles. The number of carbonyl (C=O) groups is 1. The molecule has 2 heterocycles. The number of amides is 1.